The Hall–Kier alpha value is -2.52. The van der Waals surface area contributed by atoms with E-state index in [1.807, 2.05) is 6.07 Å². The summed E-state index contributed by atoms with van der Waals surface area (Å²) in [6, 6.07) is 11.1. The predicted octanol–water partition coefficient (Wildman–Crippen LogP) is 3.46. The highest BCUT2D eigenvalue weighted by Crippen LogP contribution is 2.30. The third-order valence-electron chi connectivity index (χ3n) is 3.56. The van der Waals surface area contributed by atoms with E-state index in [-0.39, 0.29) is 21.0 Å². The minimum Gasteiger partial charge on any atom is -0.494 e. The van der Waals surface area contributed by atoms with Crippen molar-refractivity contribution < 1.29 is 13.2 Å². The summed E-state index contributed by atoms with van der Waals surface area (Å²) in [6.45, 7) is 4.39. The van der Waals surface area contributed by atoms with Crippen LogP contribution in [0.5, 0.6) is 5.75 Å². The van der Waals surface area contributed by atoms with E-state index in [9.17, 15) is 13.7 Å². The van der Waals surface area contributed by atoms with Crippen molar-refractivity contribution in [2.24, 2.45) is 0 Å². The second kappa shape index (κ2) is 7.37. The van der Waals surface area contributed by atoms with Gasteiger partial charge in [-0.15, -0.1) is 0 Å². The Morgan fingerprint density at radius 3 is 2.67 bits per heavy atom. The molecule has 0 bridgehead atoms. The summed E-state index contributed by atoms with van der Waals surface area (Å²) < 4.78 is 31.5. The highest BCUT2D eigenvalue weighted by atomic mass is 32.2. The molecule has 0 heterocycles. The topological polar surface area (TPSA) is 93.2 Å². The van der Waals surface area contributed by atoms with E-state index in [2.05, 4.69) is 6.92 Å². The summed E-state index contributed by atoms with van der Waals surface area (Å²) in [5.74, 6) is 0.504. The zero-order valence-corrected chi connectivity index (χ0v) is 14.6. The van der Waals surface area contributed by atoms with Crippen LogP contribution in [0.3, 0.4) is 0 Å². The third kappa shape index (κ3) is 3.69. The molecule has 0 spiro atoms. The van der Waals surface area contributed by atoms with Gasteiger partial charge in [0.15, 0.2) is 0 Å². The quantitative estimate of drug-likeness (QED) is 0.640. The van der Waals surface area contributed by atoms with Gasteiger partial charge in [0, 0.05) is 0 Å². The van der Waals surface area contributed by atoms with Crippen LogP contribution in [0.4, 0.5) is 5.69 Å². The second-order valence-electron chi connectivity index (χ2n) is 5.52. The number of ether oxygens (including phenoxy) is 1. The van der Waals surface area contributed by atoms with Crippen molar-refractivity contribution >= 4 is 15.5 Å². The lowest BCUT2D eigenvalue weighted by Crippen LogP contribution is -2.07. The highest BCUT2D eigenvalue weighted by molar-refractivity contribution is 7.91. The number of sulfone groups is 1. The SMILES string of the molecule is CCCCOc1cc(C)cc(S(=O)(=O)c2cccc(N)c2C#N)c1. The standard InChI is InChI=1S/C18H20N2O3S/c1-3-4-8-23-14-9-13(2)10-15(11-14)24(21,22)18-7-5-6-17(20)16(18)12-19/h5-7,9-11H,3-4,8,20H2,1-2H3. The fourth-order valence-electron chi connectivity index (χ4n) is 2.31. The van der Waals surface area contributed by atoms with Crippen molar-refractivity contribution in [2.75, 3.05) is 12.3 Å². The van der Waals surface area contributed by atoms with Gasteiger partial charge < -0.3 is 10.5 Å². The van der Waals surface area contributed by atoms with Gasteiger partial charge in [0.25, 0.3) is 0 Å². The van der Waals surface area contributed by atoms with Gasteiger partial charge >= 0.3 is 0 Å². The number of unbranched alkanes of at least 4 members (excludes halogenated alkanes) is 1. The molecule has 2 N–H and O–H groups in total. The first-order valence-corrected chi connectivity index (χ1v) is 9.16. The normalized spacial score (nSPS) is 11.0. The largest absolute Gasteiger partial charge is 0.494 e. The van der Waals surface area contributed by atoms with Crippen LogP contribution in [-0.4, -0.2) is 15.0 Å². The Morgan fingerprint density at radius 1 is 1.25 bits per heavy atom. The lowest BCUT2D eigenvalue weighted by Gasteiger charge is -2.12. The molecule has 24 heavy (non-hydrogen) atoms. The molecule has 0 unspecified atom stereocenters. The molecule has 0 aromatic heterocycles. The number of rotatable bonds is 6. The summed E-state index contributed by atoms with van der Waals surface area (Å²) >= 11 is 0. The van der Waals surface area contributed by atoms with Gasteiger partial charge in [-0.3, -0.25) is 0 Å². The van der Waals surface area contributed by atoms with Gasteiger partial charge in [0.05, 0.1) is 27.6 Å². The number of aryl methyl sites for hydroxylation is 1. The molecule has 2 rings (SSSR count). The molecule has 0 aliphatic heterocycles. The maximum absolute atomic E-state index is 12.9. The molecule has 5 nitrogen and oxygen atoms in total. The fourth-order valence-corrected chi connectivity index (χ4v) is 3.86. The van der Waals surface area contributed by atoms with Gasteiger partial charge in [-0.2, -0.15) is 5.26 Å². The summed E-state index contributed by atoms with van der Waals surface area (Å²) in [4.78, 5) is 0.00575. The average molecular weight is 344 g/mol. The van der Waals surface area contributed by atoms with Crippen molar-refractivity contribution in [1.82, 2.24) is 0 Å². The van der Waals surface area contributed by atoms with Crippen molar-refractivity contribution in [2.45, 2.75) is 36.5 Å². The Morgan fingerprint density at radius 2 is 2.00 bits per heavy atom. The van der Waals surface area contributed by atoms with Crippen LogP contribution in [0.25, 0.3) is 0 Å². The zero-order chi connectivity index (χ0) is 17.7. The zero-order valence-electron chi connectivity index (χ0n) is 13.7. The Balaban J connectivity index is 2.51. The molecule has 0 saturated carbocycles. The van der Waals surface area contributed by atoms with E-state index in [1.165, 1.54) is 24.3 Å². The monoisotopic (exact) mass is 344 g/mol. The lowest BCUT2D eigenvalue weighted by molar-refractivity contribution is 0.308. The molecule has 0 atom stereocenters. The van der Waals surface area contributed by atoms with Crippen LogP contribution in [0.1, 0.15) is 30.9 Å². The summed E-state index contributed by atoms with van der Waals surface area (Å²) in [5.41, 5.74) is 6.61. The molecule has 2 aromatic rings. The number of nitrogen functional groups attached to an aromatic ring is 1. The predicted molar refractivity (Wildman–Crippen MR) is 92.6 cm³/mol. The van der Waals surface area contributed by atoms with Crippen molar-refractivity contribution in [3.63, 3.8) is 0 Å². The van der Waals surface area contributed by atoms with Crippen LogP contribution in [-0.2, 0) is 9.84 Å². The number of nitrogens with two attached hydrogens (primary N) is 1. The highest BCUT2D eigenvalue weighted by Gasteiger charge is 2.23. The number of nitrogens with zero attached hydrogens (tertiary/aromatic N) is 1. The van der Waals surface area contributed by atoms with Crippen LogP contribution in [0.2, 0.25) is 0 Å². The molecule has 2 aromatic carbocycles. The molecule has 0 saturated heterocycles. The summed E-state index contributed by atoms with van der Waals surface area (Å²) in [5, 5.41) is 9.24. The molecule has 0 radical (unpaired) electrons. The van der Waals surface area contributed by atoms with Gasteiger partial charge in [-0.05, 0) is 49.2 Å². The van der Waals surface area contributed by atoms with Crippen LogP contribution < -0.4 is 10.5 Å². The van der Waals surface area contributed by atoms with Gasteiger partial charge in [-0.1, -0.05) is 19.4 Å². The number of hydrogen-bond acceptors (Lipinski definition) is 5. The Kier molecular flexibility index (Phi) is 5.47. The van der Waals surface area contributed by atoms with E-state index in [0.29, 0.717) is 12.4 Å². The smallest absolute Gasteiger partial charge is 0.208 e. The van der Waals surface area contributed by atoms with Crippen molar-refractivity contribution in [3.05, 3.63) is 47.5 Å². The Labute approximate surface area is 142 Å². The number of nitriles is 1. The molecular weight excluding hydrogens is 324 g/mol. The number of anilines is 1. The minimum atomic E-state index is -3.86. The fraction of sp³-hybridized carbons (Fsp3) is 0.278. The number of hydrogen-bond donors (Lipinski definition) is 1. The molecule has 126 valence electrons. The van der Waals surface area contributed by atoms with Gasteiger partial charge in [0.2, 0.25) is 9.84 Å². The maximum Gasteiger partial charge on any atom is 0.208 e. The van der Waals surface area contributed by atoms with Crippen LogP contribution in [0.15, 0.2) is 46.2 Å². The Bertz CT molecular complexity index is 884. The molecule has 0 aliphatic rings. The average Bonchev–Trinajstić information content (AvgIpc) is 2.54. The van der Waals surface area contributed by atoms with E-state index in [1.54, 1.807) is 19.1 Å². The molecule has 0 amide bonds. The molecular formula is C18H20N2O3S. The molecule has 6 heteroatoms. The van der Waals surface area contributed by atoms with Crippen LogP contribution in [0, 0.1) is 18.3 Å². The molecule has 0 fully saturated rings. The van der Waals surface area contributed by atoms with E-state index >= 15 is 0 Å². The summed E-state index contributed by atoms with van der Waals surface area (Å²) in [6.07, 6.45) is 1.88. The third-order valence-corrected chi connectivity index (χ3v) is 5.34. The van der Waals surface area contributed by atoms with E-state index in [4.69, 9.17) is 10.5 Å². The minimum absolute atomic E-state index is 0.0348. The first-order valence-electron chi connectivity index (χ1n) is 7.68. The van der Waals surface area contributed by atoms with E-state index < -0.39 is 9.84 Å². The maximum atomic E-state index is 12.9. The first kappa shape index (κ1) is 17.8. The molecule has 0 aliphatic carbocycles. The van der Waals surface area contributed by atoms with E-state index in [0.717, 1.165) is 18.4 Å². The van der Waals surface area contributed by atoms with Gasteiger partial charge in [0.1, 0.15) is 11.8 Å². The number of benzene rings is 2. The summed E-state index contributed by atoms with van der Waals surface area (Å²) in [7, 11) is -3.86. The van der Waals surface area contributed by atoms with Gasteiger partial charge in [-0.25, -0.2) is 8.42 Å². The van der Waals surface area contributed by atoms with Crippen LogP contribution >= 0.6 is 0 Å². The van der Waals surface area contributed by atoms with Crippen molar-refractivity contribution in [3.8, 4) is 11.8 Å². The lowest BCUT2D eigenvalue weighted by atomic mass is 10.2. The first-order chi connectivity index (χ1) is 11.4. The second-order valence-corrected chi connectivity index (χ2v) is 7.44. The van der Waals surface area contributed by atoms with Crippen molar-refractivity contribution in [1.29, 1.82) is 5.26 Å².